The first kappa shape index (κ1) is 15.4. The van der Waals surface area contributed by atoms with Crippen LogP contribution in [0.25, 0.3) is 0 Å². The fraction of sp³-hybridized carbons (Fsp3) is 0.923. The molecule has 90 valence electrons. The van der Waals surface area contributed by atoms with E-state index < -0.39 is 0 Å². The van der Waals surface area contributed by atoms with Crippen LogP contribution < -0.4 is 79.0 Å². The van der Waals surface area contributed by atoms with Gasteiger partial charge in [0, 0.05) is 12.3 Å². The van der Waals surface area contributed by atoms with E-state index in [1.54, 1.807) is 0 Å². The predicted octanol–water partition coefficient (Wildman–Crippen LogP) is -2.55. The fourth-order valence-corrected chi connectivity index (χ4v) is 5.02. The molecule has 1 heterocycles. The Kier molecular flexibility index (Phi) is 6.49. The molecule has 0 spiro atoms. The van der Waals surface area contributed by atoms with Gasteiger partial charge in [-0.2, -0.15) is 0 Å². The molecule has 3 rings (SSSR count). The Bertz CT molecular complexity index is 297. The number of hydrogen-bond donors (Lipinski definition) is 1. The summed E-state index contributed by atoms with van der Waals surface area (Å²) in [5.74, 6) is 0.323. The second kappa shape index (κ2) is 7.16. The number of hydrogen-bond acceptors (Lipinski definition) is 2. The molecule has 0 amide bonds. The molecule has 4 heteroatoms. The van der Waals surface area contributed by atoms with Crippen molar-refractivity contribution >= 4 is 16.8 Å². The van der Waals surface area contributed by atoms with Gasteiger partial charge in [-0.3, -0.25) is 0 Å². The Balaban J connectivity index is 0.00000108. The monoisotopic (exact) mass is 372 g/mol. The van der Waals surface area contributed by atoms with Crippen molar-refractivity contribution in [3.63, 3.8) is 0 Å². The Morgan fingerprint density at radius 3 is 2.47 bits per heavy atom. The second-order valence-corrected chi connectivity index (χ2v) is 6.77. The summed E-state index contributed by atoms with van der Waals surface area (Å²) >= 11 is 2.01. The molecule has 2 aliphatic carbocycles. The topological polar surface area (TPSA) is 37.0 Å². The molecule has 2 nitrogen and oxygen atoms in total. The van der Waals surface area contributed by atoms with Crippen molar-refractivity contribution < 1.29 is 79.0 Å². The van der Waals surface area contributed by atoms with E-state index in [0.29, 0.717) is 12.0 Å². The molecule has 3 aliphatic rings. The SMILES string of the molecule is [Cs+].[O-]C1CCCCC1C1=[NH+]C2CCCCC2S1. The van der Waals surface area contributed by atoms with Crippen molar-refractivity contribution in [3.05, 3.63) is 0 Å². The molecule has 1 aliphatic heterocycles. The van der Waals surface area contributed by atoms with Crippen LogP contribution in [0.15, 0.2) is 0 Å². The minimum Gasteiger partial charge on any atom is -0.851 e. The van der Waals surface area contributed by atoms with Gasteiger partial charge < -0.3 is 5.11 Å². The summed E-state index contributed by atoms with van der Waals surface area (Å²) in [5, 5.41) is 14.1. The van der Waals surface area contributed by atoms with E-state index in [4.69, 9.17) is 0 Å². The van der Waals surface area contributed by atoms with Crippen LogP contribution >= 0.6 is 11.8 Å². The zero-order valence-electron chi connectivity index (χ0n) is 10.8. The molecule has 1 N–H and O–H groups in total. The van der Waals surface area contributed by atoms with E-state index in [1.807, 2.05) is 11.8 Å². The maximum Gasteiger partial charge on any atom is 1.00 e. The molecule has 0 bridgehead atoms. The molecular formula is C13H21CsNOS+. The molecule has 0 radical (unpaired) electrons. The summed E-state index contributed by atoms with van der Waals surface area (Å²) in [6.45, 7) is 0. The number of thioether (sulfide) groups is 1. The molecule has 4 atom stereocenters. The van der Waals surface area contributed by atoms with Crippen LogP contribution in [0.3, 0.4) is 0 Å². The molecule has 2 fully saturated rings. The summed E-state index contributed by atoms with van der Waals surface area (Å²) < 4.78 is 0. The average molecular weight is 372 g/mol. The zero-order chi connectivity index (χ0) is 11.0. The van der Waals surface area contributed by atoms with Crippen molar-refractivity contribution in [3.8, 4) is 0 Å². The first-order valence-corrected chi connectivity index (χ1v) is 7.68. The number of rotatable bonds is 1. The van der Waals surface area contributed by atoms with E-state index in [9.17, 15) is 5.11 Å². The molecule has 2 saturated carbocycles. The molecule has 4 unspecified atom stereocenters. The van der Waals surface area contributed by atoms with Crippen LogP contribution in [0.2, 0.25) is 0 Å². The first-order chi connectivity index (χ1) is 7.84. The van der Waals surface area contributed by atoms with Gasteiger partial charge in [0.2, 0.25) is 5.04 Å². The van der Waals surface area contributed by atoms with Gasteiger partial charge in [0.25, 0.3) is 0 Å². The third-order valence-corrected chi connectivity index (χ3v) is 5.89. The minimum absolute atomic E-state index is 0. The largest absolute Gasteiger partial charge is 1.00 e. The Labute approximate surface area is 167 Å². The quantitative estimate of drug-likeness (QED) is 0.550. The van der Waals surface area contributed by atoms with Gasteiger partial charge in [-0.15, -0.1) is 6.10 Å². The van der Waals surface area contributed by atoms with Crippen LogP contribution in [0.4, 0.5) is 0 Å². The van der Waals surface area contributed by atoms with E-state index >= 15 is 0 Å². The van der Waals surface area contributed by atoms with Crippen molar-refractivity contribution in [1.82, 2.24) is 0 Å². The summed E-state index contributed by atoms with van der Waals surface area (Å²) in [4.78, 5) is 3.67. The first-order valence-electron chi connectivity index (χ1n) is 6.80. The van der Waals surface area contributed by atoms with Gasteiger partial charge in [0.1, 0.15) is 0 Å². The van der Waals surface area contributed by atoms with E-state index in [0.717, 1.165) is 24.5 Å². The summed E-state index contributed by atoms with van der Waals surface area (Å²) in [5.41, 5.74) is 0. The Morgan fingerprint density at radius 2 is 1.71 bits per heavy atom. The van der Waals surface area contributed by atoms with Gasteiger partial charge in [-0.1, -0.05) is 37.4 Å². The normalized spacial score (nSPS) is 41.4. The Morgan fingerprint density at radius 1 is 1.00 bits per heavy atom. The average Bonchev–Trinajstić information content (AvgIpc) is 2.73. The Hall–Kier alpha value is 2.03. The smallest absolute Gasteiger partial charge is 0.851 e. The maximum absolute atomic E-state index is 12.0. The molecule has 0 aromatic rings. The van der Waals surface area contributed by atoms with E-state index in [2.05, 4.69) is 4.99 Å². The molecule has 0 saturated heterocycles. The predicted molar refractivity (Wildman–Crippen MR) is 65.4 cm³/mol. The van der Waals surface area contributed by atoms with Crippen LogP contribution in [0.5, 0.6) is 0 Å². The zero-order valence-corrected chi connectivity index (χ0v) is 17.9. The minimum atomic E-state index is -0.330. The van der Waals surface area contributed by atoms with Gasteiger partial charge in [-0.05, 0) is 19.3 Å². The van der Waals surface area contributed by atoms with Crippen molar-refractivity contribution in [2.24, 2.45) is 5.92 Å². The summed E-state index contributed by atoms with van der Waals surface area (Å²) in [6.07, 6.45) is 9.51. The molecule has 0 aromatic heterocycles. The number of nitrogens with one attached hydrogen (secondary N) is 1. The van der Waals surface area contributed by atoms with Crippen molar-refractivity contribution in [1.29, 1.82) is 0 Å². The van der Waals surface area contributed by atoms with Gasteiger partial charge in [-0.25, -0.2) is 4.99 Å². The molecule has 0 aromatic carbocycles. The third kappa shape index (κ3) is 3.57. The van der Waals surface area contributed by atoms with Gasteiger partial charge in [0.05, 0.1) is 5.25 Å². The van der Waals surface area contributed by atoms with Crippen molar-refractivity contribution in [2.75, 3.05) is 0 Å². The fourth-order valence-electron chi connectivity index (χ4n) is 3.37. The van der Waals surface area contributed by atoms with Crippen LogP contribution in [-0.4, -0.2) is 22.4 Å². The van der Waals surface area contributed by atoms with Gasteiger partial charge in [0.15, 0.2) is 6.04 Å². The molecule has 17 heavy (non-hydrogen) atoms. The van der Waals surface area contributed by atoms with Gasteiger partial charge >= 0.3 is 68.9 Å². The van der Waals surface area contributed by atoms with Crippen LogP contribution in [0, 0.1) is 5.92 Å². The number of fused-ring (bicyclic) bond motifs is 1. The van der Waals surface area contributed by atoms with E-state index in [1.165, 1.54) is 37.1 Å². The van der Waals surface area contributed by atoms with Crippen LogP contribution in [-0.2, 0) is 0 Å². The third-order valence-electron chi connectivity index (χ3n) is 4.35. The summed E-state index contributed by atoms with van der Waals surface area (Å²) in [7, 11) is 0. The molecular weight excluding hydrogens is 351 g/mol. The standard InChI is InChI=1S/C13H20NOS.Cs/c15-11-7-3-1-5-9(11)13-14-10-6-2-4-8-12(10)16-13;/h9-12H,1-8H2;/q-1;+1/p+1. The summed E-state index contributed by atoms with van der Waals surface area (Å²) in [6, 6.07) is 0.683. The van der Waals surface area contributed by atoms with Crippen LogP contribution in [0.1, 0.15) is 51.4 Å². The van der Waals surface area contributed by atoms with Crippen molar-refractivity contribution in [2.45, 2.75) is 68.8 Å². The van der Waals surface area contributed by atoms with E-state index in [-0.39, 0.29) is 75.0 Å². The second-order valence-electron chi connectivity index (χ2n) is 5.49. The maximum atomic E-state index is 12.0.